The minimum atomic E-state index is -4.65. The van der Waals surface area contributed by atoms with Crippen LogP contribution < -0.4 is 4.89 Å². The van der Waals surface area contributed by atoms with Gasteiger partial charge in [-0.05, 0) is 122 Å². The lowest BCUT2D eigenvalue weighted by molar-refractivity contribution is -0.870. The van der Waals surface area contributed by atoms with Gasteiger partial charge in [-0.1, -0.05) is 345 Å². The molecule has 0 saturated carbocycles. The molecule has 0 rings (SSSR count). The van der Waals surface area contributed by atoms with Crippen LogP contribution in [0.25, 0.3) is 0 Å². The molecule has 0 heterocycles. The average molecular weight is 1350 g/mol. The van der Waals surface area contributed by atoms with Gasteiger partial charge < -0.3 is 27.9 Å². The molecule has 0 aliphatic rings. The first-order valence-corrected chi connectivity index (χ1v) is 40.7. The molecule has 0 bridgehead atoms. The molecule has 0 aromatic heterocycles. The summed E-state index contributed by atoms with van der Waals surface area (Å²) < 4.78 is 34.4. The summed E-state index contributed by atoms with van der Waals surface area (Å²) in [5.41, 5.74) is 0. The molecule has 0 spiro atoms. The largest absolute Gasteiger partial charge is 0.756 e. The number of quaternary nitrogens is 1. The van der Waals surface area contributed by atoms with E-state index in [4.69, 9.17) is 18.5 Å². The lowest BCUT2D eigenvalue weighted by Gasteiger charge is -2.28. The van der Waals surface area contributed by atoms with Crippen LogP contribution in [0.15, 0.2) is 158 Å². The van der Waals surface area contributed by atoms with Crippen LogP contribution in [-0.4, -0.2) is 70.0 Å². The van der Waals surface area contributed by atoms with E-state index in [-0.39, 0.29) is 32.0 Å². The number of phosphoric acid groups is 1. The SMILES string of the molecule is CC/C=C\C/C=C\C/C=C\C/C=C\C/C=C\C/C=C\C/C=C\C/C=C\C/C=C\CCCCCCCCCCCCCC(=O)OC(COC(=O)CCCCCCCCCCCCCCCCCCCCCC/C=C\C/C=C\C/C=C\C/C=C\CC)COP(=O)([O-])OCC[N+](C)(C)C. The molecule has 548 valence electrons. The Morgan fingerprint density at radius 2 is 0.562 bits per heavy atom. The van der Waals surface area contributed by atoms with Gasteiger partial charge in [0.2, 0.25) is 0 Å². The average Bonchev–Trinajstić information content (AvgIpc) is 1.98. The van der Waals surface area contributed by atoms with Crippen LogP contribution in [-0.2, 0) is 32.7 Å². The fourth-order valence-corrected chi connectivity index (χ4v) is 11.4. The molecular weight excluding hydrogens is 1210 g/mol. The van der Waals surface area contributed by atoms with Gasteiger partial charge in [0, 0.05) is 12.8 Å². The molecule has 96 heavy (non-hydrogen) atoms. The fraction of sp³-hybridized carbons (Fsp3) is 0.674. The summed E-state index contributed by atoms with van der Waals surface area (Å²) >= 11 is 0. The van der Waals surface area contributed by atoms with Crippen LogP contribution in [0.5, 0.6) is 0 Å². The van der Waals surface area contributed by atoms with E-state index >= 15 is 0 Å². The molecule has 0 fully saturated rings. The maximum atomic E-state index is 12.9. The molecule has 0 aliphatic carbocycles. The molecule has 0 aliphatic heterocycles. The van der Waals surface area contributed by atoms with Gasteiger partial charge in [-0.2, -0.15) is 0 Å². The second-order valence-electron chi connectivity index (χ2n) is 27.0. The lowest BCUT2D eigenvalue weighted by Crippen LogP contribution is -2.37. The first-order chi connectivity index (χ1) is 47.0. The van der Waals surface area contributed by atoms with Crippen LogP contribution in [0.2, 0.25) is 0 Å². The third-order valence-electron chi connectivity index (χ3n) is 16.5. The number of phosphoric ester groups is 1. The van der Waals surface area contributed by atoms with Crippen molar-refractivity contribution in [3.05, 3.63) is 158 Å². The number of hydrogen-bond acceptors (Lipinski definition) is 8. The Morgan fingerprint density at radius 3 is 0.833 bits per heavy atom. The third kappa shape index (κ3) is 78.6. The maximum Gasteiger partial charge on any atom is 0.306 e. The van der Waals surface area contributed by atoms with Crippen LogP contribution in [0.4, 0.5) is 0 Å². The molecule has 0 aromatic carbocycles. The Kier molecular flexibility index (Phi) is 71.4. The normalized spacial score (nSPS) is 13.9. The number of esters is 2. The van der Waals surface area contributed by atoms with Crippen molar-refractivity contribution in [2.75, 3.05) is 47.5 Å². The van der Waals surface area contributed by atoms with Crippen molar-refractivity contribution in [1.82, 2.24) is 0 Å². The number of hydrogen-bond donors (Lipinski definition) is 0. The van der Waals surface area contributed by atoms with Crippen molar-refractivity contribution < 1.29 is 42.1 Å². The van der Waals surface area contributed by atoms with Gasteiger partial charge in [0.25, 0.3) is 7.82 Å². The summed E-state index contributed by atoms with van der Waals surface area (Å²) in [6.07, 6.45) is 112. The monoisotopic (exact) mass is 1350 g/mol. The molecule has 2 unspecified atom stereocenters. The van der Waals surface area contributed by atoms with Gasteiger partial charge >= 0.3 is 11.9 Å². The minimum Gasteiger partial charge on any atom is -0.756 e. The van der Waals surface area contributed by atoms with E-state index in [1.807, 2.05) is 21.1 Å². The molecule has 10 heteroatoms. The van der Waals surface area contributed by atoms with Crippen molar-refractivity contribution in [1.29, 1.82) is 0 Å². The van der Waals surface area contributed by atoms with Crippen LogP contribution in [0.3, 0.4) is 0 Å². The summed E-state index contributed by atoms with van der Waals surface area (Å²) in [5.74, 6) is -0.833. The lowest BCUT2D eigenvalue weighted by atomic mass is 10.0. The first-order valence-electron chi connectivity index (χ1n) is 39.2. The van der Waals surface area contributed by atoms with E-state index < -0.39 is 26.5 Å². The Labute approximate surface area is 592 Å². The van der Waals surface area contributed by atoms with Crippen LogP contribution in [0.1, 0.15) is 322 Å². The van der Waals surface area contributed by atoms with Crippen LogP contribution >= 0.6 is 7.82 Å². The zero-order valence-corrected chi connectivity index (χ0v) is 63.4. The van der Waals surface area contributed by atoms with E-state index in [1.54, 1.807) is 0 Å². The molecule has 9 nitrogen and oxygen atoms in total. The number of unbranched alkanes of at least 4 members (excludes halogenated alkanes) is 31. The van der Waals surface area contributed by atoms with Crippen molar-refractivity contribution in [3.8, 4) is 0 Å². The summed E-state index contributed by atoms with van der Waals surface area (Å²) in [7, 11) is 1.16. The van der Waals surface area contributed by atoms with Crippen molar-refractivity contribution >= 4 is 19.8 Å². The molecular formula is C86H146NO8P. The predicted molar refractivity (Wildman–Crippen MR) is 415 cm³/mol. The van der Waals surface area contributed by atoms with Gasteiger partial charge in [-0.15, -0.1) is 0 Å². The Hall–Kier alpha value is -4.37. The van der Waals surface area contributed by atoms with Crippen LogP contribution in [0, 0.1) is 0 Å². The highest BCUT2D eigenvalue weighted by Gasteiger charge is 2.22. The van der Waals surface area contributed by atoms with Crippen molar-refractivity contribution in [2.45, 2.75) is 328 Å². The number of nitrogens with zero attached hydrogens (tertiary/aromatic N) is 1. The second-order valence-corrected chi connectivity index (χ2v) is 28.4. The molecule has 0 radical (unpaired) electrons. The van der Waals surface area contributed by atoms with Crippen molar-refractivity contribution in [2.24, 2.45) is 0 Å². The van der Waals surface area contributed by atoms with Gasteiger partial charge in [-0.3, -0.25) is 14.2 Å². The molecule has 2 atom stereocenters. The minimum absolute atomic E-state index is 0.0365. The van der Waals surface area contributed by atoms with Gasteiger partial charge in [-0.25, -0.2) is 0 Å². The molecule has 0 N–H and O–H groups in total. The standard InChI is InChI=1S/C86H146NO8P/c1-6-8-10-12-14-16-18-20-22-24-26-28-30-32-34-36-38-40-41-42-43-44-45-47-49-51-53-55-57-59-61-63-65-67-69-71-73-75-77-79-86(89)95-84(83-94-96(90,91)93-81-80-87(3,4)5)82-92-85(88)78-76-74-72-70-68-66-64-62-60-58-56-54-52-50-48-46-39-37-35-33-31-29-27-25-23-21-19-17-15-13-11-9-7-2/h8-11,14-17,20-23,26-29,32,34,38,40,42-43,45,47,51,53,84H,6-7,12-13,18-19,24-25,30-31,33,35-37,39,41,44,46,48-50,52,54-83H2,1-5H3/b10-8-,11-9-,16-14-,17-15-,22-20-,23-21-,28-26-,29-27-,34-32-,40-38-,43-42-,47-45-,53-51-. The highest BCUT2D eigenvalue weighted by Crippen LogP contribution is 2.38. The third-order valence-corrected chi connectivity index (χ3v) is 17.5. The highest BCUT2D eigenvalue weighted by molar-refractivity contribution is 7.45. The predicted octanol–water partition coefficient (Wildman–Crippen LogP) is 25.6. The van der Waals surface area contributed by atoms with E-state index in [0.29, 0.717) is 17.4 Å². The molecule has 0 saturated heterocycles. The maximum absolute atomic E-state index is 12.9. The topological polar surface area (TPSA) is 111 Å². The Morgan fingerprint density at radius 1 is 0.323 bits per heavy atom. The van der Waals surface area contributed by atoms with E-state index in [9.17, 15) is 19.0 Å². The fourth-order valence-electron chi connectivity index (χ4n) is 10.6. The first kappa shape index (κ1) is 91.6. The Balaban J connectivity index is 4.02. The molecule has 0 amide bonds. The smallest absolute Gasteiger partial charge is 0.306 e. The summed E-state index contributed by atoms with van der Waals surface area (Å²) in [6, 6.07) is 0. The second kappa shape index (κ2) is 74.8. The quantitative estimate of drug-likeness (QED) is 0.0195. The summed E-state index contributed by atoms with van der Waals surface area (Å²) in [6.45, 7) is 4.03. The van der Waals surface area contributed by atoms with E-state index in [0.717, 1.165) is 128 Å². The van der Waals surface area contributed by atoms with Crippen molar-refractivity contribution in [3.63, 3.8) is 0 Å². The zero-order chi connectivity index (χ0) is 69.7. The number of allylic oxidation sites excluding steroid dienone is 26. The summed E-state index contributed by atoms with van der Waals surface area (Å²) in [5, 5.41) is 0. The Bertz CT molecular complexity index is 2180. The number of carbonyl (C=O) groups excluding carboxylic acids is 2. The van der Waals surface area contributed by atoms with Gasteiger partial charge in [0.15, 0.2) is 6.10 Å². The van der Waals surface area contributed by atoms with E-state index in [1.165, 1.54) is 161 Å². The zero-order valence-electron chi connectivity index (χ0n) is 62.5. The highest BCUT2D eigenvalue weighted by atomic mass is 31.2. The number of ether oxygens (including phenoxy) is 2. The number of rotatable bonds is 71. The summed E-state index contributed by atoms with van der Waals surface area (Å²) in [4.78, 5) is 38.2. The van der Waals surface area contributed by atoms with E-state index in [2.05, 4.69) is 172 Å². The van der Waals surface area contributed by atoms with Gasteiger partial charge in [0.05, 0.1) is 27.7 Å². The molecule has 0 aromatic rings. The van der Waals surface area contributed by atoms with Gasteiger partial charge in [0.1, 0.15) is 19.8 Å². The number of carbonyl (C=O) groups is 2. The number of likely N-dealkylation sites (N-methyl/N-ethyl adjacent to an activating group) is 1.